The van der Waals surface area contributed by atoms with Gasteiger partial charge in [-0.05, 0) is 50.6 Å². The Kier molecular flexibility index (Phi) is 6.09. The highest BCUT2D eigenvalue weighted by Gasteiger charge is 2.27. The van der Waals surface area contributed by atoms with Crippen LogP contribution in [0.2, 0.25) is 0 Å². The number of nitrogens with zero attached hydrogens (tertiary/aromatic N) is 3. The Morgan fingerprint density at radius 1 is 1.20 bits per heavy atom. The number of anilines is 1. The first-order valence-corrected chi connectivity index (χ1v) is 10.2. The summed E-state index contributed by atoms with van der Waals surface area (Å²) >= 11 is 0. The van der Waals surface area contributed by atoms with Crippen molar-refractivity contribution in [3.05, 3.63) is 60.0 Å². The first kappa shape index (κ1) is 20.1. The van der Waals surface area contributed by atoms with Crippen molar-refractivity contribution in [3.8, 4) is 17.1 Å². The van der Waals surface area contributed by atoms with Crippen LogP contribution < -0.4 is 10.1 Å². The number of likely N-dealkylation sites (tertiary alicyclic amines) is 1. The van der Waals surface area contributed by atoms with Crippen LogP contribution in [0.25, 0.3) is 11.4 Å². The number of carbonyl (C=O) groups excluding carboxylic acids is 1. The van der Waals surface area contributed by atoms with Crippen LogP contribution in [-0.4, -0.2) is 41.1 Å². The van der Waals surface area contributed by atoms with Crippen LogP contribution in [0.1, 0.15) is 24.3 Å². The van der Waals surface area contributed by atoms with E-state index in [-0.39, 0.29) is 11.8 Å². The summed E-state index contributed by atoms with van der Waals surface area (Å²) in [7, 11) is 1.62. The molecule has 0 spiro atoms. The van der Waals surface area contributed by atoms with Crippen molar-refractivity contribution in [2.45, 2.75) is 26.3 Å². The quantitative estimate of drug-likeness (QED) is 0.669. The van der Waals surface area contributed by atoms with Crippen molar-refractivity contribution < 1.29 is 14.1 Å². The second kappa shape index (κ2) is 9.09. The van der Waals surface area contributed by atoms with Crippen LogP contribution >= 0.6 is 0 Å². The summed E-state index contributed by atoms with van der Waals surface area (Å²) < 4.78 is 10.6. The fourth-order valence-corrected chi connectivity index (χ4v) is 3.66. The molecule has 1 atom stereocenters. The number of rotatable bonds is 6. The van der Waals surface area contributed by atoms with Gasteiger partial charge in [-0.1, -0.05) is 35.0 Å². The van der Waals surface area contributed by atoms with E-state index >= 15 is 0 Å². The average Bonchev–Trinajstić information content (AvgIpc) is 3.23. The lowest BCUT2D eigenvalue weighted by Gasteiger charge is -2.30. The molecule has 7 heteroatoms. The summed E-state index contributed by atoms with van der Waals surface area (Å²) in [6.45, 7) is 4.17. The summed E-state index contributed by atoms with van der Waals surface area (Å²) in [6, 6.07) is 15.4. The normalized spacial score (nSPS) is 16.9. The maximum absolute atomic E-state index is 12.7. The predicted octanol–water partition coefficient (Wildman–Crippen LogP) is 3.90. The Bertz CT molecular complexity index is 982. The van der Waals surface area contributed by atoms with E-state index < -0.39 is 0 Å². The van der Waals surface area contributed by atoms with Crippen LogP contribution in [0.15, 0.2) is 53.1 Å². The van der Waals surface area contributed by atoms with Crippen molar-refractivity contribution >= 4 is 11.6 Å². The standard InChI is InChI=1S/C23H26N4O3/c1-16-5-7-17(8-6-16)22-25-21(30-26-22)15-27-13-3-4-18(14-27)23(28)24-19-9-11-20(29-2)12-10-19/h5-12,18H,3-4,13-15H2,1-2H3,(H,24,28). The van der Waals surface area contributed by atoms with Gasteiger partial charge in [0.25, 0.3) is 0 Å². The Hall–Kier alpha value is -3.19. The van der Waals surface area contributed by atoms with E-state index in [4.69, 9.17) is 9.26 Å². The van der Waals surface area contributed by atoms with Gasteiger partial charge in [0, 0.05) is 17.8 Å². The van der Waals surface area contributed by atoms with Gasteiger partial charge in [-0.25, -0.2) is 0 Å². The molecule has 0 bridgehead atoms. The SMILES string of the molecule is COc1ccc(NC(=O)C2CCCN(Cc3nc(-c4ccc(C)cc4)no3)C2)cc1. The second-order valence-electron chi connectivity index (χ2n) is 7.67. The highest BCUT2D eigenvalue weighted by atomic mass is 16.5. The zero-order valence-electron chi connectivity index (χ0n) is 17.3. The molecule has 1 aliphatic rings. The van der Waals surface area contributed by atoms with E-state index in [1.165, 1.54) is 5.56 Å². The van der Waals surface area contributed by atoms with E-state index in [1.54, 1.807) is 7.11 Å². The molecule has 156 valence electrons. The number of aromatic nitrogens is 2. The van der Waals surface area contributed by atoms with E-state index in [1.807, 2.05) is 55.5 Å². The number of ether oxygens (including phenoxy) is 1. The number of hydrogen-bond acceptors (Lipinski definition) is 6. The molecule has 0 aliphatic carbocycles. The van der Waals surface area contributed by atoms with Gasteiger partial charge in [-0.15, -0.1) is 0 Å². The topological polar surface area (TPSA) is 80.5 Å². The van der Waals surface area contributed by atoms with Gasteiger partial charge >= 0.3 is 0 Å². The summed E-state index contributed by atoms with van der Waals surface area (Å²) in [6.07, 6.45) is 1.83. The summed E-state index contributed by atoms with van der Waals surface area (Å²) in [4.78, 5) is 19.4. The van der Waals surface area contributed by atoms with Crippen LogP contribution in [0.3, 0.4) is 0 Å². The smallest absolute Gasteiger partial charge is 0.241 e. The zero-order chi connectivity index (χ0) is 20.9. The molecule has 30 heavy (non-hydrogen) atoms. The molecule has 0 radical (unpaired) electrons. The van der Waals surface area contributed by atoms with Crippen molar-refractivity contribution in [2.75, 3.05) is 25.5 Å². The summed E-state index contributed by atoms with van der Waals surface area (Å²) in [5.74, 6) is 1.90. The van der Waals surface area contributed by atoms with Crippen molar-refractivity contribution in [1.82, 2.24) is 15.0 Å². The number of piperidine rings is 1. The molecular formula is C23H26N4O3. The van der Waals surface area contributed by atoms with Crippen molar-refractivity contribution in [3.63, 3.8) is 0 Å². The molecule has 2 heterocycles. The Balaban J connectivity index is 1.34. The minimum atomic E-state index is -0.0691. The van der Waals surface area contributed by atoms with E-state index in [0.717, 1.165) is 36.4 Å². The average molecular weight is 406 g/mol. The van der Waals surface area contributed by atoms with E-state index in [9.17, 15) is 4.79 Å². The van der Waals surface area contributed by atoms with Gasteiger partial charge in [0.05, 0.1) is 19.6 Å². The molecule has 1 saturated heterocycles. The molecule has 1 aromatic heterocycles. The van der Waals surface area contributed by atoms with E-state index in [2.05, 4.69) is 20.4 Å². The highest BCUT2D eigenvalue weighted by Crippen LogP contribution is 2.22. The first-order chi connectivity index (χ1) is 14.6. The number of amides is 1. The molecule has 1 aliphatic heterocycles. The van der Waals surface area contributed by atoms with Gasteiger partial charge in [0.15, 0.2) is 0 Å². The Labute approximate surface area is 176 Å². The number of benzene rings is 2. The molecule has 1 fully saturated rings. The summed E-state index contributed by atoms with van der Waals surface area (Å²) in [5, 5.41) is 7.11. The minimum Gasteiger partial charge on any atom is -0.497 e. The van der Waals surface area contributed by atoms with Gasteiger partial charge < -0.3 is 14.6 Å². The number of carbonyl (C=O) groups is 1. The maximum Gasteiger partial charge on any atom is 0.241 e. The van der Waals surface area contributed by atoms with Crippen LogP contribution in [0, 0.1) is 12.8 Å². The molecule has 1 amide bonds. The summed E-state index contributed by atoms with van der Waals surface area (Å²) in [5.41, 5.74) is 2.90. The fraction of sp³-hybridized carbons (Fsp3) is 0.348. The van der Waals surface area contributed by atoms with Gasteiger partial charge in [-0.2, -0.15) is 4.98 Å². The third kappa shape index (κ3) is 4.86. The zero-order valence-corrected chi connectivity index (χ0v) is 17.3. The molecule has 1 unspecified atom stereocenters. The number of nitrogens with one attached hydrogen (secondary N) is 1. The lowest BCUT2D eigenvalue weighted by molar-refractivity contribution is -0.121. The molecule has 7 nitrogen and oxygen atoms in total. The second-order valence-corrected chi connectivity index (χ2v) is 7.67. The first-order valence-electron chi connectivity index (χ1n) is 10.2. The molecule has 0 saturated carbocycles. The van der Waals surface area contributed by atoms with Crippen molar-refractivity contribution in [2.24, 2.45) is 5.92 Å². The lowest BCUT2D eigenvalue weighted by Crippen LogP contribution is -2.40. The Morgan fingerprint density at radius 3 is 2.70 bits per heavy atom. The van der Waals surface area contributed by atoms with Gasteiger partial charge in [0.1, 0.15) is 5.75 Å². The predicted molar refractivity (Wildman–Crippen MR) is 114 cm³/mol. The molecule has 2 aromatic carbocycles. The van der Waals surface area contributed by atoms with Crippen molar-refractivity contribution in [1.29, 1.82) is 0 Å². The van der Waals surface area contributed by atoms with Crippen LogP contribution in [0.5, 0.6) is 5.75 Å². The highest BCUT2D eigenvalue weighted by molar-refractivity contribution is 5.92. The van der Waals surface area contributed by atoms with Crippen LogP contribution in [-0.2, 0) is 11.3 Å². The van der Waals surface area contributed by atoms with Gasteiger partial charge in [0.2, 0.25) is 17.6 Å². The van der Waals surface area contributed by atoms with Crippen LogP contribution in [0.4, 0.5) is 5.69 Å². The molecule has 3 aromatic rings. The monoisotopic (exact) mass is 406 g/mol. The lowest BCUT2D eigenvalue weighted by atomic mass is 9.97. The third-order valence-electron chi connectivity index (χ3n) is 5.37. The maximum atomic E-state index is 12.7. The van der Waals surface area contributed by atoms with Gasteiger partial charge in [-0.3, -0.25) is 9.69 Å². The third-order valence-corrected chi connectivity index (χ3v) is 5.37. The fourth-order valence-electron chi connectivity index (χ4n) is 3.66. The molecule has 1 N–H and O–H groups in total. The number of aryl methyl sites for hydroxylation is 1. The minimum absolute atomic E-state index is 0.0377. The molecule has 4 rings (SSSR count). The molecular weight excluding hydrogens is 380 g/mol. The number of hydrogen-bond donors (Lipinski definition) is 1. The number of methoxy groups -OCH3 is 1. The van der Waals surface area contributed by atoms with E-state index in [0.29, 0.717) is 24.8 Å². The largest absolute Gasteiger partial charge is 0.497 e. The Morgan fingerprint density at radius 2 is 1.97 bits per heavy atom.